The topological polar surface area (TPSA) is 146 Å². The maximum Gasteiger partial charge on any atom is 0.432 e. The van der Waals surface area contributed by atoms with Gasteiger partial charge >= 0.3 is 12.1 Å². The van der Waals surface area contributed by atoms with Crippen LogP contribution in [0, 0.1) is 0 Å². The van der Waals surface area contributed by atoms with Crippen molar-refractivity contribution in [3.05, 3.63) is 40.7 Å². The van der Waals surface area contributed by atoms with Crippen LogP contribution in [-0.2, 0) is 12.6 Å². The fourth-order valence-electron chi connectivity index (χ4n) is 4.37. The van der Waals surface area contributed by atoms with Crippen LogP contribution in [0.25, 0.3) is 21.8 Å². The molecule has 38 heavy (non-hydrogen) atoms. The number of hydrogen-bond acceptors (Lipinski definition) is 6. The summed E-state index contributed by atoms with van der Waals surface area (Å²) in [4.78, 5) is 30.0. The Bertz CT molecular complexity index is 1580. The van der Waals surface area contributed by atoms with Gasteiger partial charge in [0.05, 0.1) is 37.9 Å². The van der Waals surface area contributed by atoms with Gasteiger partial charge in [-0.25, -0.2) is 4.79 Å². The Morgan fingerprint density at radius 1 is 1.03 bits per heavy atom. The van der Waals surface area contributed by atoms with Crippen molar-refractivity contribution in [1.82, 2.24) is 9.97 Å². The van der Waals surface area contributed by atoms with Gasteiger partial charge in [0.25, 0.3) is 5.91 Å². The summed E-state index contributed by atoms with van der Waals surface area (Å²) in [6.45, 7) is 0. The summed E-state index contributed by atoms with van der Waals surface area (Å²) >= 11 is 5.88. The normalized spacial score (nSPS) is 11.7. The summed E-state index contributed by atoms with van der Waals surface area (Å²) in [7, 11) is 4.25. The van der Waals surface area contributed by atoms with E-state index in [0.717, 1.165) is 6.07 Å². The maximum atomic E-state index is 13.6. The first-order chi connectivity index (χ1) is 18.0. The van der Waals surface area contributed by atoms with E-state index in [1.54, 1.807) is 6.07 Å². The highest BCUT2D eigenvalue weighted by Crippen LogP contribution is 2.44. The number of fused-ring (bicyclic) bond motifs is 2. The smallest absolute Gasteiger partial charge is 0.432 e. The molecule has 2 aromatic carbocycles. The molecule has 0 atom stereocenters. The van der Waals surface area contributed by atoms with E-state index in [-0.39, 0.29) is 40.7 Å². The van der Waals surface area contributed by atoms with Crippen LogP contribution >= 0.6 is 11.6 Å². The molecule has 0 aliphatic heterocycles. The molecule has 5 N–H and O–H groups in total. The molecule has 0 aliphatic rings. The van der Waals surface area contributed by atoms with Crippen LogP contribution in [0.1, 0.15) is 32.1 Å². The van der Waals surface area contributed by atoms with Gasteiger partial charge in [-0.15, -0.1) is 11.6 Å². The molecule has 0 unspecified atom stereocenters. The number of aromatic hydroxyl groups is 1. The summed E-state index contributed by atoms with van der Waals surface area (Å²) < 4.78 is 56.9. The van der Waals surface area contributed by atoms with Crippen molar-refractivity contribution in [2.75, 3.05) is 32.5 Å². The van der Waals surface area contributed by atoms with E-state index in [9.17, 15) is 33.0 Å². The molecule has 2 heterocycles. The quantitative estimate of drug-likeness (QED) is 0.189. The molecule has 4 rings (SSSR count). The third-order valence-corrected chi connectivity index (χ3v) is 6.11. The second-order valence-corrected chi connectivity index (χ2v) is 8.41. The minimum atomic E-state index is -5.05. The number of benzene rings is 2. The van der Waals surface area contributed by atoms with Crippen molar-refractivity contribution < 1.29 is 47.2 Å². The van der Waals surface area contributed by atoms with Gasteiger partial charge in [0.1, 0.15) is 17.1 Å². The molecule has 0 fully saturated rings. The van der Waals surface area contributed by atoms with E-state index in [1.807, 2.05) is 4.98 Å². The Hall–Kier alpha value is -4.26. The average molecular weight is 556 g/mol. The van der Waals surface area contributed by atoms with Crippen molar-refractivity contribution in [2.24, 2.45) is 0 Å². The number of amides is 1. The number of hydrogen-bond donors (Lipinski definition) is 5. The number of methoxy groups -OCH3 is 3. The van der Waals surface area contributed by atoms with Crippen LogP contribution in [0.4, 0.5) is 18.9 Å². The zero-order chi connectivity index (χ0) is 27.9. The van der Waals surface area contributed by atoms with E-state index < -0.39 is 46.0 Å². The van der Waals surface area contributed by atoms with Crippen LogP contribution in [0.3, 0.4) is 0 Å². The van der Waals surface area contributed by atoms with Crippen LogP contribution in [-0.4, -0.2) is 59.3 Å². The first-order valence-corrected chi connectivity index (χ1v) is 11.4. The summed E-state index contributed by atoms with van der Waals surface area (Å²) in [5.41, 5.74) is -2.76. The highest BCUT2D eigenvalue weighted by atomic mass is 35.5. The minimum Gasteiger partial charge on any atom is -0.506 e. The molecule has 0 radical (unpaired) electrons. The molecule has 1 amide bonds. The standard InChI is InChI=1S/C24H21ClF3N3O7/c1-36-14-7-9-6-12(29-17(9)20(38-3)19(14)37-2)22(33)30-11-8-13(32)18-15(10(11)4-5-25)16(23(34)35)21(31-18)24(26,27)28/h6-8,29,31-32H,4-5H2,1-3H3,(H,30,33)(H,34,35). The van der Waals surface area contributed by atoms with Crippen molar-refractivity contribution in [1.29, 1.82) is 0 Å². The number of phenolic OH excluding ortho intramolecular Hbond substituents is 1. The second kappa shape index (κ2) is 9.89. The third kappa shape index (κ3) is 4.38. The third-order valence-electron chi connectivity index (χ3n) is 5.92. The molecule has 2 aromatic heterocycles. The van der Waals surface area contributed by atoms with Gasteiger partial charge in [-0.05, 0) is 24.1 Å². The summed E-state index contributed by atoms with van der Waals surface area (Å²) in [5.74, 6) is -2.52. The number of nitrogens with one attached hydrogen (secondary N) is 3. The Morgan fingerprint density at radius 3 is 2.26 bits per heavy atom. The fraction of sp³-hybridized carbons (Fsp3) is 0.250. The summed E-state index contributed by atoms with van der Waals surface area (Å²) in [6, 6.07) is 4.12. The number of halogens is 4. The first kappa shape index (κ1) is 26.8. The van der Waals surface area contributed by atoms with Gasteiger partial charge in [-0.2, -0.15) is 13.2 Å². The number of aromatic nitrogens is 2. The molecule has 202 valence electrons. The molecule has 0 aliphatic carbocycles. The predicted molar refractivity (Wildman–Crippen MR) is 132 cm³/mol. The van der Waals surface area contributed by atoms with Crippen LogP contribution in [0.15, 0.2) is 18.2 Å². The lowest BCUT2D eigenvalue weighted by Crippen LogP contribution is -2.15. The second-order valence-electron chi connectivity index (χ2n) is 8.04. The lowest BCUT2D eigenvalue weighted by molar-refractivity contribution is -0.141. The molecule has 4 aromatic rings. The zero-order valence-electron chi connectivity index (χ0n) is 20.1. The van der Waals surface area contributed by atoms with E-state index in [2.05, 4.69) is 10.3 Å². The van der Waals surface area contributed by atoms with Gasteiger partial charge in [0, 0.05) is 28.4 Å². The summed E-state index contributed by atoms with van der Waals surface area (Å²) in [5, 5.41) is 22.7. The number of rotatable bonds is 8. The minimum absolute atomic E-state index is 0.00216. The zero-order valence-corrected chi connectivity index (χ0v) is 20.8. The number of carbonyl (C=O) groups excluding carboxylic acids is 1. The Morgan fingerprint density at radius 2 is 1.71 bits per heavy atom. The van der Waals surface area contributed by atoms with Gasteiger partial charge in [0.2, 0.25) is 5.75 Å². The van der Waals surface area contributed by atoms with Crippen LogP contribution < -0.4 is 19.5 Å². The molecule has 14 heteroatoms. The molecule has 0 bridgehead atoms. The van der Waals surface area contributed by atoms with Crippen molar-refractivity contribution in [2.45, 2.75) is 12.6 Å². The highest BCUT2D eigenvalue weighted by molar-refractivity contribution is 6.18. The van der Waals surface area contributed by atoms with Crippen molar-refractivity contribution >= 4 is 51.0 Å². The van der Waals surface area contributed by atoms with Gasteiger partial charge in [0.15, 0.2) is 11.5 Å². The monoisotopic (exact) mass is 555 g/mol. The molecule has 0 spiro atoms. The Kier molecular flexibility index (Phi) is 6.98. The molecular formula is C24H21ClF3N3O7. The van der Waals surface area contributed by atoms with Crippen molar-refractivity contribution in [3.63, 3.8) is 0 Å². The number of aromatic amines is 2. The number of carbonyl (C=O) groups is 2. The number of carboxylic acids is 1. The Labute approximate surface area is 217 Å². The maximum absolute atomic E-state index is 13.6. The number of alkyl halides is 4. The molecule has 10 nitrogen and oxygen atoms in total. The lowest BCUT2D eigenvalue weighted by Gasteiger charge is -2.13. The van der Waals surface area contributed by atoms with E-state index in [0.29, 0.717) is 16.7 Å². The van der Waals surface area contributed by atoms with Gasteiger partial charge in [-0.1, -0.05) is 0 Å². The molecular weight excluding hydrogens is 535 g/mol. The first-order valence-electron chi connectivity index (χ1n) is 10.9. The fourth-order valence-corrected chi connectivity index (χ4v) is 4.56. The largest absolute Gasteiger partial charge is 0.506 e. The van der Waals surface area contributed by atoms with Crippen molar-refractivity contribution in [3.8, 4) is 23.0 Å². The Balaban J connectivity index is 1.87. The average Bonchev–Trinajstić information content (AvgIpc) is 3.47. The number of carboxylic acid groups (broad SMARTS) is 1. The lowest BCUT2D eigenvalue weighted by atomic mass is 9.99. The van der Waals surface area contributed by atoms with Crippen LogP contribution in [0.2, 0.25) is 0 Å². The number of anilines is 1. The highest BCUT2D eigenvalue weighted by Gasteiger charge is 2.40. The van der Waals surface area contributed by atoms with E-state index >= 15 is 0 Å². The number of ether oxygens (including phenoxy) is 3. The summed E-state index contributed by atoms with van der Waals surface area (Å²) in [6.07, 6.45) is -5.16. The number of phenols is 1. The molecule has 0 saturated heterocycles. The van der Waals surface area contributed by atoms with Gasteiger partial charge < -0.3 is 39.7 Å². The predicted octanol–water partition coefficient (Wildman–Crippen LogP) is 5.13. The molecule has 0 saturated carbocycles. The van der Waals surface area contributed by atoms with Crippen LogP contribution in [0.5, 0.6) is 23.0 Å². The van der Waals surface area contributed by atoms with Gasteiger partial charge in [-0.3, -0.25) is 4.79 Å². The number of aromatic carboxylic acids is 1. The van der Waals surface area contributed by atoms with E-state index in [1.165, 1.54) is 27.4 Å². The number of aryl methyl sites for hydroxylation is 1. The van der Waals surface area contributed by atoms with E-state index in [4.69, 9.17) is 25.8 Å². The number of H-pyrrole nitrogens is 2. The SMILES string of the molecule is COc1cc2cc(C(=O)Nc3cc(O)c4[nH]c(C(F)(F)F)c(C(=O)O)c4c3CCCl)[nH]c2c(OC)c1OC.